The maximum atomic E-state index is 14.3. The van der Waals surface area contributed by atoms with E-state index in [0.717, 1.165) is 6.20 Å². The number of nitrogens with one attached hydrogen (secondary N) is 3. The molecule has 0 spiro atoms. The van der Waals surface area contributed by atoms with E-state index in [9.17, 15) is 14.4 Å². The predicted octanol–water partition coefficient (Wildman–Crippen LogP) is 4.84. The molecule has 0 aliphatic rings. The molecule has 0 atom stereocenters. The highest BCUT2D eigenvalue weighted by Crippen LogP contribution is 2.31. The highest BCUT2D eigenvalue weighted by Gasteiger charge is 2.21. The third-order valence-electron chi connectivity index (χ3n) is 5.50. The third-order valence-corrected chi connectivity index (χ3v) is 5.50. The van der Waals surface area contributed by atoms with Gasteiger partial charge in [0.15, 0.2) is 11.6 Å². The van der Waals surface area contributed by atoms with E-state index in [1.807, 2.05) is 57.1 Å². The smallest absolute Gasteiger partial charge is 0.266 e. The summed E-state index contributed by atoms with van der Waals surface area (Å²) in [6.07, 6.45) is 2.66. The van der Waals surface area contributed by atoms with Crippen LogP contribution in [0.1, 0.15) is 13.8 Å². The topological polar surface area (TPSA) is 115 Å². The molecule has 3 rings (SSSR count). The number of aromatic nitrogens is 2. The van der Waals surface area contributed by atoms with Crippen molar-refractivity contribution >= 4 is 34.7 Å². The van der Waals surface area contributed by atoms with Gasteiger partial charge in [-0.15, -0.1) is 0 Å². The van der Waals surface area contributed by atoms with Gasteiger partial charge in [-0.3, -0.25) is 4.79 Å². The molecule has 0 radical (unpaired) electrons. The lowest BCUT2D eigenvalue weighted by Crippen LogP contribution is -2.37. The number of para-hydroxylation sites is 1. The summed E-state index contributed by atoms with van der Waals surface area (Å²) in [6.45, 7) is 3.80. The summed E-state index contributed by atoms with van der Waals surface area (Å²) in [5, 5.41) is 18.2. The lowest BCUT2D eigenvalue weighted by molar-refractivity contribution is -0.112. The first-order valence-corrected chi connectivity index (χ1v) is 11.0. The second-order valence-corrected chi connectivity index (χ2v) is 8.59. The number of likely N-dealkylation sites (N-methyl/N-ethyl adjacent to an activating group) is 1. The van der Waals surface area contributed by atoms with Crippen molar-refractivity contribution in [2.45, 2.75) is 19.4 Å². The van der Waals surface area contributed by atoms with Crippen molar-refractivity contribution in [3.05, 3.63) is 72.2 Å². The Morgan fingerprint density at radius 3 is 2.50 bits per heavy atom. The highest BCUT2D eigenvalue weighted by atomic mass is 19.1. The van der Waals surface area contributed by atoms with Gasteiger partial charge in [0.1, 0.15) is 17.4 Å². The summed E-state index contributed by atoms with van der Waals surface area (Å²) in [4.78, 5) is 22.9. The van der Waals surface area contributed by atoms with Crippen LogP contribution in [0.4, 0.5) is 33.2 Å². The summed E-state index contributed by atoms with van der Waals surface area (Å²) in [6, 6.07) is 15.9. The molecule has 3 N–H and O–H groups in total. The summed E-state index contributed by atoms with van der Waals surface area (Å²) in [5.74, 6) is -0.607. The van der Waals surface area contributed by atoms with Crippen LogP contribution >= 0.6 is 0 Å². The van der Waals surface area contributed by atoms with Crippen molar-refractivity contribution in [1.82, 2.24) is 14.9 Å². The fourth-order valence-corrected chi connectivity index (χ4v) is 3.01. The van der Waals surface area contributed by atoms with Gasteiger partial charge in [-0.1, -0.05) is 18.2 Å². The molecule has 1 aromatic heterocycles. The maximum absolute atomic E-state index is 14.3. The molecule has 1 heterocycles. The number of nitriles is 1. The van der Waals surface area contributed by atoms with Crippen LogP contribution in [0.5, 0.6) is 5.75 Å². The average Bonchev–Trinajstić information content (AvgIpc) is 2.85. The summed E-state index contributed by atoms with van der Waals surface area (Å²) in [5.41, 5.74) is 1.00. The number of methoxy groups -OCH3 is 1. The Bertz CT molecular complexity index is 1300. The number of ether oxygens (including phenoxy) is 1. The highest BCUT2D eigenvalue weighted by molar-refractivity contribution is 6.07. The van der Waals surface area contributed by atoms with E-state index >= 15 is 0 Å². The van der Waals surface area contributed by atoms with Crippen LogP contribution in [0.3, 0.4) is 0 Å². The van der Waals surface area contributed by atoms with Crippen molar-refractivity contribution in [3.8, 4) is 11.8 Å². The zero-order valence-electron chi connectivity index (χ0n) is 20.8. The number of halogens is 1. The molecule has 186 valence electrons. The molecular formula is C26H28FN7O2. The van der Waals surface area contributed by atoms with Crippen LogP contribution in [0.15, 0.2) is 66.4 Å². The van der Waals surface area contributed by atoms with Gasteiger partial charge >= 0.3 is 0 Å². The minimum absolute atomic E-state index is 0.00516. The molecule has 0 aliphatic heterocycles. The zero-order valence-corrected chi connectivity index (χ0v) is 20.8. The molecule has 2 aromatic carbocycles. The van der Waals surface area contributed by atoms with Gasteiger partial charge in [-0.25, -0.2) is 9.37 Å². The van der Waals surface area contributed by atoms with Crippen molar-refractivity contribution in [2.75, 3.05) is 37.2 Å². The van der Waals surface area contributed by atoms with Crippen LogP contribution in [0.25, 0.3) is 0 Å². The minimum atomic E-state index is -0.617. The number of carbonyl (C=O) groups is 1. The molecule has 0 unspecified atom stereocenters. The molecule has 9 nitrogen and oxygen atoms in total. The normalized spacial score (nSPS) is 11.6. The fraction of sp³-hybridized carbons (Fsp3) is 0.231. The van der Waals surface area contributed by atoms with Gasteiger partial charge in [0, 0.05) is 16.9 Å². The van der Waals surface area contributed by atoms with Crippen molar-refractivity contribution in [2.24, 2.45) is 0 Å². The SMILES string of the molecule is COc1ccc(NC(=O)C(C#N)=CC(C)(C)N(C)C)cc1Nc1ncc(F)c(Nc2ccccc2)n1. The first-order valence-electron chi connectivity index (χ1n) is 11.0. The van der Waals surface area contributed by atoms with Crippen LogP contribution in [0.2, 0.25) is 0 Å². The first-order chi connectivity index (χ1) is 17.1. The van der Waals surface area contributed by atoms with E-state index in [2.05, 4.69) is 25.9 Å². The van der Waals surface area contributed by atoms with E-state index in [-0.39, 0.29) is 17.3 Å². The van der Waals surface area contributed by atoms with Gasteiger partial charge in [0.25, 0.3) is 5.91 Å². The predicted molar refractivity (Wildman–Crippen MR) is 138 cm³/mol. The van der Waals surface area contributed by atoms with Crippen LogP contribution in [-0.4, -0.2) is 47.5 Å². The molecule has 0 aliphatic carbocycles. The largest absolute Gasteiger partial charge is 0.495 e. The molecule has 10 heteroatoms. The lowest BCUT2D eigenvalue weighted by Gasteiger charge is -2.29. The van der Waals surface area contributed by atoms with E-state index in [0.29, 0.717) is 22.8 Å². The molecule has 0 saturated carbocycles. The van der Waals surface area contributed by atoms with E-state index in [1.54, 1.807) is 36.4 Å². The molecule has 0 saturated heterocycles. The Kier molecular flexibility index (Phi) is 8.19. The standard InChI is InChI=1S/C26H28FN7O2/c1-26(2,34(3)4)14-17(15-28)24(35)31-19-11-12-22(36-5)21(13-19)32-25-29-16-20(27)23(33-25)30-18-9-7-6-8-10-18/h6-14,16H,1-5H3,(H,31,35)(H2,29,30,32,33). The summed E-state index contributed by atoms with van der Waals surface area (Å²) < 4.78 is 19.7. The Labute approximate surface area is 209 Å². The van der Waals surface area contributed by atoms with Gasteiger partial charge in [-0.05, 0) is 64.4 Å². The Morgan fingerprint density at radius 2 is 1.86 bits per heavy atom. The number of hydrogen-bond acceptors (Lipinski definition) is 8. The van der Waals surface area contributed by atoms with Gasteiger partial charge in [0.2, 0.25) is 5.95 Å². The van der Waals surface area contributed by atoms with Crippen LogP contribution in [0, 0.1) is 17.1 Å². The van der Waals surface area contributed by atoms with Gasteiger partial charge < -0.3 is 25.6 Å². The number of benzene rings is 2. The lowest BCUT2D eigenvalue weighted by atomic mass is 10.00. The second-order valence-electron chi connectivity index (χ2n) is 8.59. The number of hydrogen-bond donors (Lipinski definition) is 3. The Morgan fingerprint density at radius 1 is 1.14 bits per heavy atom. The van der Waals surface area contributed by atoms with Crippen LogP contribution < -0.4 is 20.7 Å². The quantitative estimate of drug-likeness (QED) is 0.289. The third kappa shape index (κ3) is 6.55. The molecule has 1 amide bonds. The Balaban J connectivity index is 1.84. The molecule has 36 heavy (non-hydrogen) atoms. The second kappa shape index (κ2) is 11.3. The number of carbonyl (C=O) groups excluding carboxylic acids is 1. The number of rotatable bonds is 9. The van der Waals surface area contributed by atoms with Crippen LogP contribution in [-0.2, 0) is 4.79 Å². The van der Waals surface area contributed by atoms with Gasteiger partial charge in [-0.2, -0.15) is 10.2 Å². The summed E-state index contributed by atoms with van der Waals surface area (Å²) >= 11 is 0. The summed E-state index contributed by atoms with van der Waals surface area (Å²) in [7, 11) is 5.22. The van der Waals surface area contributed by atoms with Crippen molar-refractivity contribution in [1.29, 1.82) is 5.26 Å². The number of amides is 1. The molecule has 0 bridgehead atoms. The van der Waals surface area contributed by atoms with Crippen molar-refractivity contribution in [3.63, 3.8) is 0 Å². The van der Waals surface area contributed by atoms with E-state index < -0.39 is 17.3 Å². The first kappa shape index (κ1) is 26.1. The number of anilines is 5. The molecule has 0 fully saturated rings. The number of nitrogens with zero attached hydrogens (tertiary/aromatic N) is 4. The zero-order chi connectivity index (χ0) is 26.3. The van der Waals surface area contributed by atoms with E-state index in [4.69, 9.17) is 4.74 Å². The monoisotopic (exact) mass is 489 g/mol. The van der Waals surface area contributed by atoms with Gasteiger partial charge in [0.05, 0.1) is 19.0 Å². The fourth-order valence-electron chi connectivity index (χ4n) is 3.01. The molecular weight excluding hydrogens is 461 g/mol. The van der Waals surface area contributed by atoms with Crippen molar-refractivity contribution < 1.29 is 13.9 Å². The maximum Gasteiger partial charge on any atom is 0.266 e. The Hall–Kier alpha value is -4.49. The van der Waals surface area contributed by atoms with E-state index in [1.165, 1.54) is 7.11 Å². The average molecular weight is 490 g/mol. The molecule has 3 aromatic rings. The minimum Gasteiger partial charge on any atom is -0.495 e.